The fraction of sp³-hybridized carbons (Fsp3) is 0. The molecule has 12 heavy (non-hydrogen) atoms. The molecule has 0 aromatic heterocycles. The molecule has 6 heteroatoms. The van der Waals surface area contributed by atoms with Gasteiger partial charge < -0.3 is 5.73 Å². The molecule has 1 rings (SSSR count). The maximum absolute atomic E-state index is 10.9. The van der Waals surface area contributed by atoms with Crippen LogP contribution in [0.2, 0.25) is 0 Å². The van der Waals surface area contributed by atoms with E-state index in [4.69, 9.17) is 5.73 Å². The fourth-order valence-corrected chi connectivity index (χ4v) is 0.744. The number of carbonyl (C=O) groups is 2. The molecule has 0 fully saturated rings. The lowest BCUT2D eigenvalue weighted by molar-refractivity contribution is -0.418. The third kappa shape index (κ3) is 1.22. The molecule has 0 atom stereocenters. The van der Waals surface area contributed by atoms with Crippen LogP contribution in [-0.2, 0) is 9.59 Å². The van der Waals surface area contributed by atoms with Gasteiger partial charge in [0, 0.05) is 6.08 Å². The molecule has 0 aromatic carbocycles. The molecule has 0 unspecified atom stereocenters. The Kier molecular flexibility index (Phi) is 1.74. The highest BCUT2D eigenvalue weighted by Gasteiger charge is 2.28. The zero-order valence-electron chi connectivity index (χ0n) is 5.81. The highest BCUT2D eigenvalue weighted by Crippen LogP contribution is 2.08. The number of Topliss-reactive ketones (excluding diaryl/α,β-unsaturated/α-hetero) is 1. The summed E-state index contributed by atoms with van der Waals surface area (Å²) in [7, 11) is 0. The van der Waals surface area contributed by atoms with Gasteiger partial charge in [0.15, 0.2) is 5.78 Å². The van der Waals surface area contributed by atoms with Crippen LogP contribution in [0.3, 0.4) is 0 Å². The predicted octanol–water partition coefficient (Wildman–Crippen LogP) is -0.859. The monoisotopic (exact) mass is 168 g/mol. The van der Waals surface area contributed by atoms with E-state index in [9.17, 15) is 19.7 Å². The third-order valence-corrected chi connectivity index (χ3v) is 1.27. The molecule has 1 aliphatic carbocycles. The first-order valence-corrected chi connectivity index (χ1v) is 2.94. The van der Waals surface area contributed by atoms with E-state index in [0.29, 0.717) is 6.08 Å². The predicted molar refractivity (Wildman–Crippen MR) is 37.4 cm³/mol. The van der Waals surface area contributed by atoms with Gasteiger partial charge in [-0.25, -0.2) is 0 Å². The molecule has 0 saturated carbocycles. The first-order chi connectivity index (χ1) is 5.52. The summed E-state index contributed by atoms with van der Waals surface area (Å²) in [4.78, 5) is 30.7. The van der Waals surface area contributed by atoms with Gasteiger partial charge in [-0.1, -0.05) is 0 Å². The second kappa shape index (κ2) is 2.57. The Labute approximate surface area is 66.5 Å². The van der Waals surface area contributed by atoms with E-state index >= 15 is 0 Å². The molecule has 6 nitrogen and oxygen atoms in total. The summed E-state index contributed by atoms with van der Waals surface area (Å²) in [6.07, 6.45) is 1.51. The standard InChI is InChI=1S/C6H4N2O4/c7-4-1-3(9)2-5(6(4)10)8(11)12/h1-2H,7H2. The van der Waals surface area contributed by atoms with E-state index in [1.807, 2.05) is 0 Å². The molecule has 0 amide bonds. The van der Waals surface area contributed by atoms with Crippen LogP contribution < -0.4 is 5.73 Å². The van der Waals surface area contributed by atoms with Crippen molar-refractivity contribution in [2.24, 2.45) is 5.73 Å². The van der Waals surface area contributed by atoms with Gasteiger partial charge in [-0.05, 0) is 0 Å². The Balaban J connectivity index is 3.12. The second-order valence-corrected chi connectivity index (χ2v) is 2.12. The number of carbonyl (C=O) groups excluding carboxylic acids is 2. The molecule has 0 bridgehead atoms. The zero-order valence-corrected chi connectivity index (χ0v) is 5.81. The number of hydrogen-bond donors (Lipinski definition) is 1. The average Bonchev–Trinajstić information content (AvgIpc) is 1.96. The molecule has 0 saturated heterocycles. The topological polar surface area (TPSA) is 103 Å². The van der Waals surface area contributed by atoms with Crippen LogP contribution in [0.5, 0.6) is 0 Å². The van der Waals surface area contributed by atoms with Gasteiger partial charge in [0.1, 0.15) is 0 Å². The number of allylic oxidation sites excluding steroid dienone is 2. The number of rotatable bonds is 1. The van der Waals surface area contributed by atoms with Gasteiger partial charge in [-0.15, -0.1) is 0 Å². The van der Waals surface area contributed by atoms with Crippen molar-refractivity contribution in [3.05, 3.63) is 33.7 Å². The molecule has 0 aromatic rings. The maximum Gasteiger partial charge on any atom is 0.322 e. The summed E-state index contributed by atoms with van der Waals surface area (Å²) >= 11 is 0. The minimum absolute atomic E-state index is 0.394. The fourth-order valence-electron chi connectivity index (χ4n) is 0.744. The summed E-state index contributed by atoms with van der Waals surface area (Å²) < 4.78 is 0. The summed E-state index contributed by atoms with van der Waals surface area (Å²) in [6, 6.07) is 0. The molecular formula is C6H4N2O4. The van der Waals surface area contributed by atoms with Gasteiger partial charge in [0.25, 0.3) is 5.78 Å². The zero-order chi connectivity index (χ0) is 9.30. The van der Waals surface area contributed by atoms with Crippen molar-refractivity contribution in [1.29, 1.82) is 0 Å². The summed E-state index contributed by atoms with van der Waals surface area (Å²) in [6.45, 7) is 0. The highest BCUT2D eigenvalue weighted by atomic mass is 16.6. The molecule has 1 aliphatic rings. The normalized spacial score (nSPS) is 17.0. The Morgan fingerprint density at radius 2 is 1.92 bits per heavy atom. The maximum atomic E-state index is 10.9. The van der Waals surface area contributed by atoms with E-state index < -0.39 is 27.9 Å². The van der Waals surface area contributed by atoms with Gasteiger partial charge >= 0.3 is 5.70 Å². The Bertz CT molecular complexity index is 339. The van der Waals surface area contributed by atoms with E-state index in [2.05, 4.69) is 0 Å². The lowest BCUT2D eigenvalue weighted by atomic mass is 10.1. The Hall–Kier alpha value is -1.98. The number of ketones is 2. The minimum atomic E-state index is -0.930. The number of nitrogens with zero attached hydrogens (tertiary/aromatic N) is 1. The van der Waals surface area contributed by atoms with Gasteiger partial charge in [-0.2, -0.15) is 0 Å². The van der Waals surface area contributed by atoms with Gasteiger partial charge in [0.2, 0.25) is 0 Å². The SMILES string of the molecule is NC1=CC(=O)C=C([N+](=O)[O-])C1=O. The number of nitro groups is 1. The first kappa shape index (κ1) is 8.12. The summed E-state index contributed by atoms with van der Waals surface area (Å²) in [5, 5.41) is 10.1. The highest BCUT2D eigenvalue weighted by molar-refractivity contribution is 6.18. The van der Waals surface area contributed by atoms with Crippen LogP contribution in [0.15, 0.2) is 23.5 Å². The number of hydrogen-bond acceptors (Lipinski definition) is 5. The van der Waals surface area contributed by atoms with Crippen LogP contribution in [0, 0.1) is 10.1 Å². The summed E-state index contributed by atoms with van der Waals surface area (Å²) in [5.41, 5.74) is 3.87. The van der Waals surface area contributed by atoms with Crippen molar-refractivity contribution in [3.8, 4) is 0 Å². The molecule has 0 heterocycles. The molecule has 0 radical (unpaired) electrons. The van der Waals surface area contributed by atoms with Crippen LogP contribution >= 0.6 is 0 Å². The van der Waals surface area contributed by atoms with Crippen LogP contribution in [-0.4, -0.2) is 16.5 Å². The van der Waals surface area contributed by atoms with E-state index in [0.717, 1.165) is 6.08 Å². The van der Waals surface area contributed by atoms with Crippen LogP contribution in [0.4, 0.5) is 0 Å². The lowest BCUT2D eigenvalue weighted by Gasteiger charge is -2.01. The molecule has 62 valence electrons. The van der Waals surface area contributed by atoms with Gasteiger partial charge in [-0.3, -0.25) is 19.7 Å². The lowest BCUT2D eigenvalue weighted by Crippen LogP contribution is -2.23. The molecular weight excluding hydrogens is 164 g/mol. The van der Waals surface area contributed by atoms with Crippen molar-refractivity contribution < 1.29 is 14.5 Å². The molecule has 2 N–H and O–H groups in total. The van der Waals surface area contributed by atoms with Crippen molar-refractivity contribution in [3.63, 3.8) is 0 Å². The molecule has 0 spiro atoms. The largest absolute Gasteiger partial charge is 0.395 e. The van der Waals surface area contributed by atoms with Crippen molar-refractivity contribution in [1.82, 2.24) is 0 Å². The number of nitrogens with two attached hydrogens (primary N) is 1. The first-order valence-electron chi connectivity index (χ1n) is 2.94. The van der Waals surface area contributed by atoms with E-state index in [-0.39, 0.29) is 0 Å². The Morgan fingerprint density at radius 1 is 1.33 bits per heavy atom. The van der Waals surface area contributed by atoms with Crippen LogP contribution in [0.1, 0.15) is 0 Å². The van der Waals surface area contributed by atoms with Crippen molar-refractivity contribution >= 4 is 11.6 Å². The van der Waals surface area contributed by atoms with Gasteiger partial charge in [0.05, 0.1) is 16.7 Å². The summed E-state index contributed by atoms with van der Waals surface area (Å²) in [5.74, 6) is -1.56. The van der Waals surface area contributed by atoms with E-state index in [1.54, 1.807) is 0 Å². The minimum Gasteiger partial charge on any atom is -0.395 e. The Morgan fingerprint density at radius 3 is 2.42 bits per heavy atom. The van der Waals surface area contributed by atoms with Crippen molar-refractivity contribution in [2.75, 3.05) is 0 Å². The average molecular weight is 168 g/mol. The second-order valence-electron chi connectivity index (χ2n) is 2.12. The van der Waals surface area contributed by atoms with Crippen molar-refractivity contribution in [2.45, 2.75) is 0 Å². The molecule has 0 aliphatic heterocycles. The quantitative estimate of drug-likeness (QED) is 0.311. The third-order valence-electron chi connectivity index (χ3n) is 1.27. The van der Waals surface area contributed by atoms with E-state index in [1.165, 1.54) is 0 Å². The van der Waals surface area contributed by atoms with Crippen LogP contribution in [0.25, 0.3) is 0 Å². The smallest absolute Gasteiger partial charge is 0.322 e.